The molecule has 2 saturated heterocycles. The highest BCUT2D eigenvalue weighted by Crippen LogP contribution is 2.44. The van der Waals surface area contributed by atoms with Crippen LogP contribution in [0.2, 0.25) is 5.02 Å². The number of carbonyl (C=O) groups excluding carboxylic acids is 2. The van der Waals surface area contributed by atoms with Gasteiger partial charge in [0.25, 0.3) is 0 Å². The fraction of sp³-hybridized carbons (Fsp3) is 0.680. The van der Waals surface area contributed by atoms with E-state index >= 15 is 0 Å². The molecule has 0 spiro atoms. The number of urea groups is 1. The van der Waals surface area contributed by atoms with Crippen LogP contribution in [0.5, 0.6) is 0 Å². The van der Waals surface area contributed by atoms with Crippen molar-refractivity contribution in [1.82, 2.24) is 14.7 Å². The predicted molar refractivity (Wildman–Crippen MR) is 129 cm³/mol. The van der Waals surface area contributed by atoms with Gasteiger partial charge in [-0.05, 0) is 62.3 Å². The number of anilines is 1. The number of carbonyl (C=O) groups is 2. The van der Waals surface area contributed by atoms with Gasteiger partial charge in [0.2, 0.25) is 11.8 Å². The fourth-order valence-corrected chi connectivity index (χ4v) is 5.63. The van der Waals surface area contributed by atoms with Crippen LogP contribution in [0.25, 0.3) is 0 Å². The Hall–Kier alpha value is -1.93. The van der Waals surface area contributed by atoms with Crippen LogP contribution in [-0.4, -0.2) is 71.3 Å². The van der Waals surface area contributed by atoms with Gasteiger partial charge in [-0.3, -0.25) is 9.69 Å². The van der Waals surface area contributed by atoms with Crippen molar-refractivity contribution >= 4 is 29.2 Å². The van der Waals surface area contributed by atoms with Crippen LogP contribution in [-0.2, 0) is 11.3 Å². The Morgan fingerprint density at radius 3 is 2.47 bits per heavy atom. The smallest absolute Gasteiger partial charge is 0.320 e. The number of halogens is 3. The summed E-state index contributed by atoms with van der Waals surface area (Å²) in [5.41, 5.74) is 2.57. The lowest BCUT2D eigenvalue weighted by Crippen LogP contribution is -2.57. The van der Waals surface area contributed by atoms with Crippen molar-refractivity contribution in [2.45, 2.75) is 70.9 Å². The van der Waals surface area contributed by atoms with Crippen LogP contribution in [0, 0.1) is 12.8 Å². The van der Waals surface area contributed by atoms with Crippen molar-refractivity contribution in [2.24, 2.45) is 5.92 Å². The maximum absolute atomic E-state index is 13.1. The van der Waals surface area contributed by atoms with Crippen LogP contribution < -0.4 is 5.32 Å². The van der Waals surface area contributed by atoms with Crippen LogP contribution in [0.15, 0.2) is 12.1 Å². The third kappa shape index (κ3) is 6.00. The Labute approximate surface area is 205 Å². The molecule has 1 aromatic rings. The molecule has 6 nitrogen and oxygen atoms in total. The molecule has 2 aliphatic heterocycles. The monoisotopic (exact) mass is 496 g/mol. The lowest BCUT2D eigenvalue weighted by atomic mass is 9.79. The summed E-state index contributed by atoms with van der Waals surface area (Å²) in [4.78, 5) is 31.6. The van der Waals surface area contributed by atoms with E-state index in [0.717, 1.165) is 50.1 Å². The molecule has 1 aliphatic carbocycles. The third-order valence-corrected chi connectivity index (χ3v) is 7.60. The van der Waals surface area contributed by atoms with E-state index in [1.165, 1.54) is 6.42 Å². The quantitative estimate of drug-likeness (QED) is 0.614. The van der Waals surface area contributed by atoms with Gasteiger partial charge < -0.3 is 15.1 Å². The van der Waals surface area contributed by atoms with E-state index in [0.29, 0.717) is 23.8 Å². The first-order valence-electron chi connectivity index (χ1n) is 12.4. The minimum absolute atomic E-state index is 0.0986. The normalized spacial score (nSPS) is 23.5. The lowest BCUT2D eigenvalue weighted by Gasteiger charge is -2.42. The molecule has 1 unspecified atom stereocenters. The van der Waals surface area contributed by atoms with Crippen molar-refractivity contribution in [3.8, 4) is 0 Å². The molecule has 2 heterocycles. The number of amides is 3. The number of hydrogen-bond donors (Lipinski definition) is 1. The van der Waals surface area contributed by atoms with E-state index in [1.54, 1.807) is 6.07 Å². The molecule has 1 atom stereocenters. The largest absolute Gasteiger partial charge is 0.326 e. The molecule has 34 heavy (non-hydrogen) atoms. The van der Waals surface area contributed by atoms with E-state index in [2.05, 4.69) is 17.1 Å². The summed E-state index contributed by atoms with van der Waals surface area (Å²) in [5.74, 6) is -3.14. The van der Waals surface area contributed by atoms with E-state index < -0.39 is 5.92 Å². The number of nitrogens with zero attached hydrogens (tertiary/aromatic N) is 3. The Morgan fingerprint density at radius 2 is 1.82 bits per heavy atom. The van der Waals surface area contributed by atoms with Gasteiger partial charge in [0, 0.05) is 75.3 Å². The van der Waals surface area contributed by atoms with Crippen molar-refractivity contribution < 1.29 is 18.4 Å². The maximum atomic E-state index is 13.1. The number of alkyl halides is 2. The van der Waals surface area contributed by atoms with Crippen molar-refractivity contribution in [1.29, 1.82) is 0 Å². The van der Waals surface area contributed by atoms with Gasteiger partial charge in [0.05, 0.1) is 0 Å². The third-order valence-electron chi connectivity index (χ3n) is 7.38. The summed E-state index contributed by atoms with van der Waals surface area (Å²) in [6.45, 7) is 8.63. The Balaban J connectivity index is 1.34. The molecule has 1 saturated carbocycles. The molecule has 0 aromatic heterocycles. The van der Waals surface area contributed by atoms with Crippen LogP contribution in [0.4, 0.5) is 19.3 Å². The van der Waals surface area contributed by atoms with Gasteiger partial charge in [-0.2, -0.15) is 0 Å². The summed E-state index contributed by atoms with van der Waals surface area (Å²) >= 11 is 6.36. The first-order chi connectivity index (χ1) is 16.1. The van der Waals surface area contributed by atoms with Crippen molar-refractivity contribution in [3.05, 3.63) is 28.3 Å². The molecule has 0 radical (unpaired) electrons. The van der Waals surface area contributed by atoms with E-state index in [-0.39, 0.29) is 43.2 Å². The highest BCUT2D eigenvalue weighted by Gasteiger charge is 2.45. The maximum Gasteiger partial charge on any atom is 0.320 e. The molecule has 3 fully saturated rings. The minimum atomic E-state index is -2.62. The van der Waals surface area contributed by atoms with Crippen LogP contribution in [0.3, 0.4) is 0 Å². The molecular formula is C25H35ClF2N4O2. The lowest BCUT2D eigenvalue weighted by molar-refractivity contribution is -0.129. The first-order valence-corrected chi connectivity index (χ1v) is 12.7. The molecule has 3 aliphatic rings. The minimum Gasteiger partial charge on any atom is -0.326 e. The van der Waals surface area contributed by atoms with Gasteiger partial charge in [-0.25, -0.2) is 13.6 Å². The SMILES string of the molecule is Cc1c(CN2CCN(C(=O)N3CCCCC3)C(C)C2)cc(Cl)cc1NC(=O)CC1CC(F)(F)C1. The number of piperidine rings is 1. The van der Waals surface area contributed by atoms with E-state index in [9.17, 15) is 18.4 Å². The number of nitrogens with one attached hydrogen (secondary N) is 1. The molecular weight excluding hydrogens is 462 g/mol. The van der Waals surface area contributed by atoms with Crippen molar-refractivity contribution in [3.63, 3.8) is 0 Å². The standard InChI is InChI=1S/C25H35ClF2N4O2/c1-17-15-30(8-9-32(17)24(34)31-6-4-3-5-7-31)16-20-11-21(26)12-22(18(20)2)29-23(33)10-19-13-25(27,28)14-19/h11-12,17,19H,3-10,13-16H2,1-2H3,(H,29,33). The van der Waals surface area contributed by atoms with Crippen LogP contribution in [0.1, 0.15) is 56.6 Å². The first kappa shape index (κ1) is 25.2. The Morgan fingerprint density at radius 1 is 1.12 bits per heavy atom. The summed E-state index contributed by atoms with van der Waals surface area (Å²) in [6.07, 6.45) is 3.03. The highest BCUT2D eigenvalue weighted by atomic mass is 35.5. The predicted octanol–water partition coefficient (Wildman–Crippen LogP) is 5.13. The molecule has 0 bridgehead atoms. The number of piperazine rings is 1. The molecule has 188 valence electrons. The Kier molecular flexibility index (Phi) is 7.67. The van der Waals surface area contributed by atoms with E-state index in [1.807, 2.05) is 22.8 Å². The zero-order valence-electron chi connectivity index (χ0n) is 20.1. The summed E-state index contributed by atoms with van der Waals surface area (Å²) in [5, 5.41) is 3.40. The molecule has 4 rings (SSSR count). The average Bonchev–Trinajstić information content (AvgIpc) is 2.76. The molecule has 9 heteroatoms. The second kappa shape index (κ2) is 10.4. The van der Waals surface area contributed by atoms with Gasteiger partial charge in [-0.1, -0.05) is 11.6 Å². The highest BCUT2D eigenvalue weighted by molar-refractivity contribution is 6.31. The summed E-state index contributed by atoms with van der Waals surface area (Å²) < 4.78 is 26.1. The average molecular weight is 497 g/mol. The summed E-state index contributed by atoms with van der Waals surface area (Å²) in [7, 11) is 0. The van der Waals surface area contributed by atoms with Gasteiger partial charge in [-0.15, -0.1) is 0 Å². The Bertz CT molecular complexity index is 914. The second-order valence-corrected chi connectivity index (χ2v) is 10.7. The number of benzene rings is 1. The van der Waals surface area contributed by atoms with Crippen molar-refractivity contribution in [2.75, 3.05) is 38.0 Å². The van der Waals surface area contributed by atoms with Gasteiger partial charge >= 0.3 is 6.03 Å². The number of rotatable bonds is 5. The zero-order valence-corrected chi connectivity index (χ0v) is 20.8. The number of hydrogen-bond acceptors (Lipinski definition) is 3. The van der Waals surface area contributed by atoms with E-state index in [4.69, 9.17) is 11.6 Å². The molecule has 1 aromatic carbocycles. The summed E-state index contributed by atoms with van der Waals surface area (Å²) in [6, 6.07) is 3.89. The second-order valence-electron chi connectivity index (χ2n) is 10.2. The van der Waals surface area contributed by atoms with Crippen LogP contribution >= 0.6 is 11.6 Å². The molecule has 3 amide bonds. The van der Waals surface area contributed by atoms with Gasteiger partial charge in [0.1, 0.15) is 0 Å². The van der Waals surface area contributed by atoms with Gasteiger partial charge in [0.15, 0.2) is 0 Å². The zero-order chi connectivity index (χ0) is 24.5. The fourth-order valence-electron chi connectivity index (χ4n) is 5.39. The molecule has 1 N–H and O–H groups in total. The topological polar surface area (TPSA) is 55.9 Å². The number of likely N-dealkylation sites (tertiary alicyclic amines) is 1.